The first-order valence-corrected chi connectivity index (χ1v) is 9.36. The Labute approximate surface area is 148 Å². The molecule has 0 N–H and O–H groups in total. The maximum atomic E-state index is 13.3. The quantitative estimate of drug-likeness (QED) is 0.640. The molecule has 0 aliphatic carbocycles. The first kappa shape index (κ1) is 18.1. The van der Waals surface area contributed by atoms with Gasteiger partial charge in [-0.2, -0.15) is 13.2 Å². The van der Waals surface area contributed by atoms with E-state index in [0.29, 0.717) is 5.56 Å². The van der Waals surface area contributed by atoms with E-state index in [1.807, 2.05) is 0 Å². The van der Waals surface area contributed by atoms with E-state index in [0.717, 1.165) is 12.3 Å². The van der Waals surface area contributed by atoms with Crippen LogP contribution in [0.4, 0.5) is 13.2 Å². The van der Waals surface area contributed by atoms with E-state index < -0.39 is 26.7 Å². The lowest BCUT2D eigenvalue weighted by Crippen LogP contribution is -2.10. The van der Waals surface area contributed by atoms with Crippen molar-refractivity contribution in [1.29, 1.82) is 0 Å². The second-order valence-corrected chi connectivity index (χ2v) is 7.51. The van der Waals surface area contributed by atoms with Gasteiger partial charge in [0.1, 0.15) is 0 Å². The summed E-state index contributed by atoms with van der Waals surface area (Å²) in [6, 6.07) is 14.8. The van der Waals surface area contributed by atoms with Crippen molar-refractivity contribution in [3.05, 3.63) is 66.2 Å². The largest absolute Gasteiger partial charge is 0.417 e. The van der Waals surface area contributed by atoms with Gasteiger partial charge in [-0.3, -0.25) is 0 Å². The maximum absolute atomic E-state index is 13.3. The summed E-state index contributed by atoms with van der Waals surface area (Å²) in [5.41, 5.74) is -0.396. The minimum absolute atomic E-state index is 0.104. The number of alkyl halides is 3. The molecule has 1 aromatic heterocycles. The molecular formula is C18H13F3N2O2S. The highest BCUT2D eigenvalue weighted by atomic mass is 32.2. The maximum Gasteiger partial charge on any atom is 0.417 e. The lowest BCUT2D eigenvalue weighted by molar-refractivity contribution is -0.137. The second kappa shape index (κ2) is 6.53. The molecule has 0 saturated carbocycles. The minimum Gasteiger partial charge on any atom is -0.221 e. The average molecular weight is 378 g/mol. The van der Waals surface area contributed by atoms with E-state index in [2.05, 4.69) is 9.97 Å². The van der Waals surface area contributed by atoms with Gasteiger partial charge in [-0.1, -0.05) is 48.5 Å². The van der Waals surface area contributed by atoms with Crippen LogP contribution in [-0.4, -0.2) is 24.6 Å². The smallest absolute Gasteiger partial charge is 0.221 e. The van der Waals surface area contributed by atoms with Crippen molar-refractivity contribution in [3.8, 4) is 22.5 Å². The van der Waals surface area contributed by atoms with Gasteiger partial charge >= 0.3 is 6.18 Å². The molecule has 0 aliphatic rings. The number of hydrogen-bond acceptors (Lipinski definition) is 4. The zero-order chi connectivity index (χ0) is 18.9. The molecule has 0 saturated heterocycles. The van der Waals surface area contributed by atoms with E-state index in [-0.39, 0.29) is 17.0 Å². The van der Waals surface area contributed by atoms with Crippen molar-refractivity contribution in [2.75, 3.05) is 6.26 Å². The Hall–Kier alpha value is -2.74. The average Bonchev–Trinajstić information content (AvgIpc) is 2.60. The summed E-state index contributed by atoms with van der Waals surface area (Å²) in [6.07, 6.45) is -3.68. The molecule has 0 aliphatic heterocycles. The summed E-state index contributed by atoms with van der Waals surface area (Å²) in [5, 5.41) is -0.522. The van der Waals surface area contributed by atoms with E-state index in [4.69, 9.17) is 0 Å². The fraction of sp³-hybridized carbons (Fsp3) is 0.111. The van der Waals surface area contributed by atoms with Crippen molar-refractivity contribution >= 4 is 9.84 Å². The van der Waals surface area contributed by atoms with Crippen LogP contribution in [0.25, 0.3) is 22.5 Å². The van der Waals surface area contributed by atoms with Gasteiger partial charge in [-0.25, -0.2) is 18.4 Å². The van der Waals surface area contributed by atoms with Crippen LogP contribution >= 0.6 is 0 Å². The van der Waals surface area contributed by atoms with Crippen LogP contribution in [0.2, 0.25) is 0 Å². The monoisotopic (exact) mass is 378 g/mol. The summed E-state index contributed by atoms with van der Waals surface area (Å²) >= 11 is 0. The lowest BCUT2D eigenvalue weighted by Gasteiger charge is -2.13. The topological polar surface area (TPSA) is 59.9 Å². The normalized spacial score (nSPS) is 12.2. The van der Waals surface area contributed by atoms with E-state index in [1.54, 1.807) is 30.3 Å². The van der Waals surface area contributed by atoms with Crippen LogP contribution in [0.15, 0.2) is 65.8 Å². The molecule has 0 amide bonds. The molecule has 1 heterocycles. The molecule has 2 aromatic carbocycles. The molecule has 134 valence electrons. The number of benzene rings is 2. The number of aromatic nitrogens is 2. The molecule has 0 unspecified atom stereocenters. The zero-order valence-electron chi connectivity index (χ0n) is 13.5. The number of sulfone groups is 1. The third kappa shape index (κ3) is 3.75. The van der Waals surface area contributed by atoms with Crippen molar-refractivity contribution in [2.45, 2.75) is 11.3 Å². The van der Waals surface area contributed by atoms with Crippen molar-refractivity contribution in [3.63, 3.8) is 0 Å². The molecule has 0 radical (unpaired) electrons. The van der Waals surface area contributed by atoms with Gasteiger partial charge in [-0.15, -0.1) is 0 Å². The predicted octanol–water partition coefficient (Wildman–Crippen LogP) is 4.23. The second-order valence-electron chi connectivity index (χ2n) is 5.60. The highest BCUT2D eigenvalue weighted by Crippen LogP contribution is 2.37. The Balaban J connectivity index is 2.30. The molecule has 4 nitrogen and oxygen atoms in total. The summed E-state index contributed by atoms with van der Waals surface area (Å²) in [4.78, 5) is 7.89. The van der Waals surface area contributed by atoms with Crippen molar-refractivity contribution in [1.82, 2.24) is 9.97 Å². The van der Waals surface area contributed by atoms with Crippen LogP contribution in [0.5, 0.6) is 0 Å². The summed E-state index contributed by atoms with van der Waals surface area (Å²) in [6.45, 7) is 0. The van der Waals surface area contributed by atoms with Crippen LogP contribution in [-0.2, 0) is 16.0 Å². The first-order chi connectivity index (χ1) is 12.2. The predicted molar refractivity (Wildman–Crippen MR) is 91.0 cm³/mol. The van der Waals surface area contributed by atoms with E-state index in [9.17, 15) is 21.6 Å². The Morgan fingerprint density at radius 3 is 2.04 bits per heavy atom. The van der Waals surface area contributed by atoms with Gasteiger partial charge in [0.15, 0.2) is 0 Å². The molecule has 26 heavy (non-hydrogen) atoms. The van der Waals surface area contributed by atoms with Gasteiger partial charge in [-0.05, 0) is 12.1 Å². The summed E-state index contributed by atoms with van der Waals surface area (Å²) < 4.78 is 63.9. The standard InChI is InChI=1S/C18H13F3N2O2S/c1-26(24,25)17-22-15(12-7-3-2-4-8-12)11-16(23-17)13-9-5-6-10-14(13)18(19,20)21/h2-11H,1H3. The van der Waals surface area contributed by atoms with Gasteiger partial charge in [0.2, 0.25) is 15.0 Å². The third-order valence-electron chi connectivity index (χ3n) is 3.62. The van der Waals surface area contributed by atoms with Gasteiger partial charge in [0.05, 0.1) is 17.0 Å². The third-order valence-corrected chi connectivity index (χ3v) is 4.46. The summed E-state index contributed by atoms with van der Waals surface area (Å²) in [7, 11) is -3.82. The number of hydrogen-bond donors (Lipinski definition) is 0. The highest BCUT2D eigenvalue weighted by molar-refractivity contribution is 7.90. The molecular weight excluding hydrogens is 365 g/mol. The van der Waals surface area contributed by atoms with E-state index >= 15 is 0 Å². The molecule has 3 rings (SSSR count). The van der Waals surface area contributed by atoms with Gasteiger partial charge < -0.3 is 0 Å². The van der Waals surface area contributed by atoms with Crippen molar-refractivity contribution < 1.29 is 21.6 Å². The first-order valence-electron chi connectivity index (χ1n) is 7.47. The van der Waals surface area contributed by atoms with Crippen LogP contribution in [0.1, 0.15) is 5.56 Å². The van der Waals surface area contributed by atoms with Crippen molar-refractivity contribution in [2.24, 2.45) is 0 Å². The Morgan fingerprint density at radius 1 is 0.846 bits per heavy atom. The molecule has 0 fully saturated rings. The number of rotatable bonds is 3. The molecule has 0 atom stereocenters. The SMILES string of the molecule is CS(=O)(=O)c1nc(-c2ccccc2)cc(-c2ccccc2C(F)(F)F)n1. The molecule has 0 spiro atoms. The highest BCUT2D eigenvalue weighted by Gasteiger charge is 2.34. The van der Waals surface area contributed by atoms with Gasteiger partial charge in [0, 0.05) is 17.4 Å². The van der Waals surface area contributed by atoms with Crippen LogP contribution in [0.3, 0.4) is 0 Å². The van der Waals surface area contributed by atoms with Gasteiger partial charge in [0.25, 0.3) is 0 Å². The fourth-order valence-corrected chi connectivity index (χ4v) is 2.97. The Morgan fingerprint density at radius 2 is 1.42 bits per heavy atom. The fourth-order valence-electron chi connectivity index (χ4n) is 2.44. The molecule has 0 bridgehead atoms. The van der Waals surface area contributed by atoms with E-state index in [1.165, 1.54) is 24.3 Å². The zero-order valence-corrected chi connectivity index (χ0v) is 14.3. The Bertz CT molecular complexity index is 1050. The number of nitrogens with zero attached hydrogens (tertiary/aromatic N) is 2. The van der Waals surface area contributed by atoms with Crippen LogP contribution in [0, 0.1) is 0 Å². The summed E-state index contributed by atoms with van der Waals surface area (Å²) in [5.74, 6) is 0. The Kier molecular flexibility index (Phi) is 4.53. The van der Waals surface area contributed by atoms with Crippen LogP contribution < -0.4 is 0 Å². The minimum atomic E-state index is -4.60. The number of halogens is 3. The molecule has 8 heteroatoms. The lowest BCUT2D eigenvalue weighted by atomic mass is 10.0. The molecule has 3 aromatic rings.